The van der Waals surface area contributed by atoms with Crippen molar-refractivity contribution in [3.8, 4) is 5.69 Å². The standard InChI is InChI=1S/C14H11IN2S2/c1-19-11-4-2-3-10(8-11)17-13-6-5-9(15)7-12(13)16-14(17)18/h2-8H,1H3,(H,16,18). The number of aromatic amines is 1. The number of thioether (sulfide) groups is 1. The second-order valence-corrected chi connectivity index (χ2v) is 6.64. The molecule has 1 N–H and O–H groups in total. The Morgan fingerprint density at radius 3 is 2.84 bits per heavy atom. The van der Waals surface area contributed by atoms with Crippen molar-refractivity contribution < 1.29 is 0 Å². The van der Waals surface area contributed by atoms with Crippen LogP contribution < -0.4 is 0 Å². The van der Waals surface area contributed by atoms with Crippen LogP contribution in [0, 0.1) is 8.34 Å². The molecule has 1 heterocycles. The van der Waals surface area contributed by atoms with Crippen LogP contribution in [0.25, 0.3) is 16.7 Å². The minimum atomic E-state index is 0.732. The van der Waals surface area contributed by atoms with Crippen LogP contribution in [-0.2, 0) is 0 Å². The molecular formula is C14H11IN2S2. The summed E-state index contributed by atoms with van der Waals surface area (Å²) >= 11 is 9.50. The van der Waals surface area contributed by atoms with Gasteiger partial charge in [-0.2, -0.15) is 0 Å². The summed E-state index contributed by atoms with van der Waals surface area (Å²) in [5.41, 5.74) is 3.29. The van der Waals surface area contributed by atoms with Crippen molar-refractivity contribution in [2.45, 2.75) is 4.90 Å². The Hall–Kier alpha value is -0.790. The summed E-state index contributed by atoms with van der Waals surface area (Å²) in [7, 11) is 0. The fraction of sp³-hybridized carbons (Fsp3) is 0.0714. The van der Waals surface area contributed by atoms with E-state index in [0.29, 0.717) is 0 Å². The molecule has 3 aromatic rings. The molecule has 0 spiro atoms. The van der Waals surface area contributed by atoms with Crippen molar-refractivity contribution in [2.24, 2.45) is 0 Å². The molecular weight excluding hydrogens is 387 g/mol. The third kappa shape index (κ3) is 2.46. The maximum Gasteiger partial charge on any atom is 0.182 e. The molecule has 0 aliphatic carbocycles. The van der Waals surface area contributed by atoms with Crippen molar-refractivity contribution in [3.63, 3.8) is 0 Å². The van der Waals surface area contributed by atoms with Gasteiger partial charge in [0.2, 0.25) is 0 Å². The molecule has 2 aromatic carbocycles. The lowest BCUT2D eigenvalue weighted by Gasteiger charge is -2.06. The lowest BCUT2D eigenvalue weighted by atomic mass is 10.3. The van der Waals surface area contributed by atoms with Gasteiger partial charge in [0.25, 0.3) is 0 Å². The number of hydrogen-bond acceptors (Lipinski definition) is 2. The van der Waals surface area contributed by atoms with Gasteiger partial charge in [-0.15, -0.1) is 11.8 Å². The molecule has 0 bridgehead atoms. The topological polar surface area (TPSA) is 20.7 Å². The average molecular weight is 398 g/mol. The third-order valence-electron chi connectivity index (χ3n) is 2.96. The number of fused-ring (bicyclic) bond motifs is 1. The smallest absolute Gasteiger partial charge is 0.182 e. The molecule has 19 heavy (non-hydrogen) atoms. The quantitative estimate of drug-likeness (QED) is 0.372. The summed E-state index contributed by atoms with van der Waals surface area (Å²) in [6.45, 7) is 0. The van der Waals surface area contributed by atoms with Crippen LogP contribution in [-0.4, -0.2) is 15.8 Å². The van der Waals surface area contributed by atoms with Crippen molar-refractivity contribution in [3.05, 3.63) is 50.8 Å². The largest absolute Gasteiger partial charge is 0.330 e. The van der Waals surface area contributed by atoms with E-state index in [2.05, 4.69) is 80.9 Å². The SMILES string of the molecule is CSc1cccc(-n2c(=S)[nH]c3cc(I)ccc32)c1. The second kappa shape index (κ2) is 5.30. The fourth-order valence-corrected chi connectivity index (χ4v) is 3.35. The van der Waals surface area contributed by atoms with E-state index >= 15 is 0 Å². The monoisotopic (exact) mass is 398 g/mol. The number of nitrogens with one attached hydrogen (secondary N) is 1. The molecule has 0 saturated heterocycles. The van der Waals surface area contributed by atoms with Gasteiger partial charge >= 0.3 is 0 Å². The molecule has 3 rings (SSSR count). The highest BCUT2D eigenvalue weighted by atomic mass is 127. The third-order valence-corrected chi connectivity index (χ3v) is 4.64. The van der Waals surface area contributed by atoms with E-state index in [-0.39, 0.29) is 0 Å². The zero-order valence-corrected chi connectivity index (χ0v) is 14.0. The number of imidazole rings is 1. The van der Waals surface area contributed by atoms with Crippen molar-refractivity contribution >= 4 is 57.6 Å². The molecule has 1 aromatic heterocycles. The number of nitrogens with zero attached hydrogens (tertiary/aromatic N) is 1. The van der Waals surface area contributed by atoms with E-state index in [0.717, 1.165) is 21.5 Å². The first-order valence-corrected chi connectivity index (χ1v) is 8.45. The van der Waals surface area contributed by atoms with E-state index in [1.165, 1.54) is 8.47 Å². The number of halogens is 1. The minimum Gasteiger partial charge on any atom is -0.330 e. The molecule has 0 saturated carbocycles. The Kier molecular flexibility index (Phi) is 3.68. The van der Waals surface area contributed by atoms with Gasteiger partial charge in [0.1, 0.15) is 0 Å². The first kappa shape index (κ1) is 13.2. The van der Waals surface area contributed by atoms with E-state index in [9.17, 15) is 0 Å². The van der Waals surface area contributed by atoms with Gasteiger partial charge in [-0.3, -0.25) is 4.57 Å². The summed E-state index contributed by atoms with van der Waals surface area (Å²) in [5.74, 6) is 0. The van der Waals surface area contributed by atoms with Gasteiger partial charge in [-0.05, 0) is 77.5 Å². The summed E-state index contributed by atoms with van der Waals surface area (Å²) in [6, 6.07) is 14.7. The summed E-state index contributed by atoms with van der Waals surface area (Å²) in [5, 5.41) is 0. The molecule has 0 fully saturated rings. The number of benzene rings is 2. The van der Waals surface area contributed by atoms with E-state index in [4.69, 9.17) is 12.2 Å². The lowest BCUT2D eigenvalue weighted by molar-refractivity contribution is 1.06. The average Bonchev–Trinajstić information content (AvgIpc) is 2.73. The summed E-state index contributed by atoms with van der Waals surface area (Å²) in [4.78, 5) is 4.51. The number of aromatic nitrogens is 2. The fourth-order valence-electron chi connectivity index (χ4n) is 2.09. The van der Waals surface area contributed by atoms with Crippen LogP contribution in [0.2, 0.25) is 0 Å². The van der Waals surface area contributed by atoms with Gasteiger partial charge in [-0.25, -0.2) is 0 Å². The number of rotatable bonds is 2. The van der Waals surface area contributed by atoms with Crippen molar-refractivity contribution in [1.29, 1.82) is 0 Å². The predicted molar refractivity (Wildman–Crippen MR) is 93.0 cm³/mol. The highest BCUT2D eigenvalue weighted by Crippen LogP contribution is 2.24. The Morgan fingerprint density at radius 1 is 1.21 bits per heavy atom. The zero-order chi connectivity index (χ0) is 13.4. The molecule has 0 aliphatic rings. The molecule has 96 valence electrons. The lowest BCUT2D eigenvalue weighted by Crippen LogP contribution is -1.93. The highest BCUT2D eigenvalue weighted by Gasteiger charge is 2.07. The van der Waals surface area contributed by atoms with Crippen molar-refractivity contribution in [1.82, 2.24) is 9.55 Å². The van der Waals surface area contributed by atoms with Crippen LogP contribution in [0.3, 0.4) is 0 Å². The van der Waals surface area contributed by atoms with Crippen LogP contribution >= 0.6 is 46.6 Å². The number of H-pyrrole nitrogens is 1. The first-order chi connectivity index (χ1) is 9.19. The van der Waals surface area contributed by atoms with Crippen LogP contribution in [0.1, 0.15) is 0 Å². The second-order valence-electron chi connectivity index (χ2n) is 4.13. The Morgan fingerprint density at radius 2 is 2.05 bits per heavy atom. The van der Waals surface area contributed by atoms with Crippen molar-refractivity contribution in [2.75, 3.05) is 6.26 Å². The highest BCUT2D eigenvalue weighted by molar-refractivity contribution is 14.1. The summed E-state index contributed by atoms with van der Waals surface area (Å²) < 4.78 is 4.02. The van der Waals surface area contributed by atoms with E-state index in [1.807, 2.05) is 0 Å². The molecule has 0 aliphatic heterocycles. The van der Waals surface area contributed by atoms with Gasteiger partial charge < -0.3 is 4.98 Å². The van der Waals surface area contributed by atoms with Gasteiger partial charge in [-0.1, -0.05) is 6.07 Å². The number of hydrogen-bond donors (Lipinski definition) is 1. The van der Waals surface area contributed by atoms with E-state index < -0.39 is 0 Å². The molecule has 2 nitrogen and oxygen atoms in total. The predicted octanol–water partition coefficient (Wildman–Crippen LogP) is 5.01. The maximum atomic E-state index is 5.46. The molecule has 0 unspecified atom stereocenters. The maximum absolute atomic E-state index is 5.46. The molecule has 0 radical (unpaired) electrons. The molecule has 5 heteroatoms. The normalized spacial score (nSPS) is 11.1. The first-order valence-electron chi connectivity index (χ1n) is 5.74. The Balaban J connectivity index is 2.29. The van der Waals surface area contributed by atoms with E-state index in [1.54, 1.807) is 11.8 Å². The zero-order valence-electron chi connectivity index (χ0n) is 10.2. The molecule has 0 atom stereocenters. The van der Waals surface area contributed by atoms with Gasteiger partial charge in [0.05, 0.1) is 11.0 Å². The van der Waals surface area contributed by atoms with Gasteiger partial charge in [0, 0.05) is 14.2 Å². The minimum absolute atomic E-state index is 0.732. The van der Waals surface area contributed by atoms with Crippen LogP contribution in [0.4, 0.5) is 0 Å². The van der Waals surface area contributed by atoms with Crippen LogP contribution in [0.5, 0.6) is 0 Å². The summed E-state index contributed by atoms with van der Waals surface area (Å²) in [6.07, 6.45) is 2.08. The van der Waals surface area contributed by atoms with Crippen LogP contribution in [0.15, 0.2) is 47.4 Å². The Labute approximate surface area is 134 Å². The Bertz CT molecular complexity index is 805. The molecule has 0 amide bonds. The van der Waals surface area contributed by atoms with Gasteiger partial charge in [0.15, 0.2) is 4.77 Å².